The van der Waals surface area contributed by atoms with Crippen LogP contribution in [0.1, 0.15) is 106 Å². The van der Waals surface area contributed by atoms with Gasteiger partial charge in [-0.1, -0.05) is 59.6 Å². The second kappa shape index (κ2) is 8.86. The van der Waals surface area contributed by atoms with Crippen molar-refractivity contribution in [3.8, 4) is 0 Å². The van der Waals surface area contributed by atoms with Gasteiger partial charge in [-0.25, -0.2) is 0 Å². The van der Waals surface area contributed by atoms with E-state index in [9.17, 15) is 4.79 Å². The fraction of sp³-hybridized carbons (Fsp3) is 0.897. The third-order valence-corrected chi connectivity index (χ3v) is 10.6. The summed E-state index contributed by atoms with van der Waals surface area (Å²) in [4.78, 5) is 12.1. The molecule has 0 saturated heterocycles. The Morgan fingerprint density at radius 2 is 1.77 bits per heavy atom. The Balaban J connectivity index is 1.60. The summed E-state index contributed by atoms with van der Waals surface area (Å²) in [5.41, 5.74) is 0.876. The van der Waals surface area contributed by atoms with Crippen LogP contribution in [-0.4, -0.2) is 12.1 Å². The van der Waals surface area contributed by atoms with Gasteiger partial charge in [0.1, 0.15) is 6.10 Å². The Kier molecular flexibility index (Phi) is 6.68. The number of rotatable bonds is 5. The summed E-state index contributed by atoms with van der Waals surface area (Å²) in [6.07, 6.45) is 18.6. The lowest BCUT2D eigenvalue weighted by Crippen LogP contribution is -2.53. The highest BCUT2D eigenvalue weighted by molar-refractivity contribution is 5.66. The van der Waals surface area contributed by atoms with Crippen LogP contribution in [0.5, 0.6) is 0 Å². The number of ether oxygens (including phenoxy) is 1. The van der Waals surface area contributed by atoms with Gasteiger partial charge in [0.15, 0.2) is 0 Å². The van der Waals surface area contributed by atoms with E-state index < -0.39 is 0 Å². The maximum absolute atomic E-state index is 12.1. The van der Waals surface area contributed by atoms with Crippen LogP contribution in [0.2, 0.25) is 0 Å². The van der Waals surface area contributed by atoms with E-state index in [4.69, 9.17) is 4.74 Å². The SMILES string of the molecule is CC(=O)O[C@H]1C[C@H]2[C@@H]3CC[C@H]4CCCC[C@]4(C)[C@H]3CC[C@]2(C)[C@H]1[C@H](C)/C=C/CC(C)C. The third kappa shape index (κ3) is 4.15. The van der Waals surface area contributed by atoms with Gasteiger partial charge in [-0.2, -0.15) is 0 Å². The van der Waals surface area contributed by atoms with E-state index >= 15 is 0 Å². The fourth-order valence-corrected chi connectivity index (χ4v) is 9.28. The van der Waals surface area contributed by atoms with Crippen molar-refractivity contribution in [2.45, 2.75) is 112 Å². The summed E-state index contributed by atoms with van der Waals surface area (Å²) in [7, 11) is 0. The molecule has 4 aliphatic carbocycles. The monoisotopic (exact) mass is 428 g/mol. The van der Waals surface area contributed by atoms with E-state index in [0.717, 1.165) is 36.5 Å². The molecular formula is C29H48O2. The van der Waals surface area contributed by atoms with Crippen molar-refractivity contribution in [3.05, 3.63) is 12.2 Å². The molecule has 0 spiro atoms. The number of esters is 1. The normalized spacial score (nSPS) is 45.8. The second-order valence-corrected chi connectivity index (χ2v) is 12.8. The van der Waals surface area contributed by atoms with Crippen molar-refractivity contribution in [2.24, 2.45) is 52.3 Å². The average Bonchev–Trinajstić information content (AvgIpc) is 2.98. The molecular weight excluding hydrogens is 380 g/mol. The molecule has 0 aromatic carbocycles. The molecule has 0 aromatic rings. The van der Waals surface area contributed by atoms with Gasteiger partial charge in [0.2, 0.25) is 0 Å². The van der Waals surface area contributed by atoms with Crippen LogP contribution >= 0.6 is 0 Å². The van der Waals surface area contributed by atoms with Crippen LogP contribution in [0.3, 0.4) is 0 Å². The van der Waals surface area contributed by atoms with E-state index in [0.29, 0.717) is 28.6 Å². The van der Waals surface area contributed by atoms with Crippen LogP contribution in [0.15, 0.2) is 12.2 Å². The first-order valence-corrected chi connectivity index (χ1v) is 13.5. The molecule has 4 aliphatic rings. The van der Waals surface area contributed by atoms with Crippen LogP contribution < -0.4 is 0 Å². The van der Waals surface area contributed by atoms with E-state index in [1.54, 1.807) is 6.92 Å². The van der Waals surface area contributed by atoms with E-state index in [1.807, 2.05) is 0 Å². The first kappa shape index (κ1) is 23.4. The maximum Gasteiger partial charge on any atom is 0.302 e. The summed E-state index contributed by atoms with van der Waals surface area (Å²) in [6, 6.07) is 0. The van der Waals surface area contributed by atoms with Gasteiger partial charge in [0.25, 0.3) is 0 Å². The Morgan fingerprint density at radius 1 is 1.00 bits per heavy atom. The van der Waals surface area contributed by atoms with Crippen LogP contribution in [0.25, 0.3) is 0 Å². The lowest BCUT2D eigenvalue weighted by Gasteiger charge is -2.60. The van der Waals surface area contributed by atoms with Crippen molar-refractivity contribution in [2.75, 3.05) is 0 Å². The molecule has 2 nitrogen and oxygen atoms in total. The highest BCUT2D eigenvalue weighted by Gasteiger charge is 2.63. The second-order valence-electron chi connectivity index (χ2n) is 12.8. The van der Waals surface area contributed by atoms with Gasteiger partial charge in [-0.15, -0.1) is 0 Å². The Bertz CT molecular complexity index is 680. The average molecular weight is 429 g/mol. The number of allylic oxidation sites excluding steroid dienone is 2. The van der Waals surface area contributed by atoms with Crippen LogP contribution in [-0.2, 0) is 9.53 Å². The Morgan fingerprint density at radius 3 is 2.48 bits per heavy atom. The fourth-order valence-electron chi connectivity index (χ4n) is 9.28. The third-order valence-electron chi connectivity index (χ3n) is 10.6. The van der Waals surface area contributed by atoms with Crippen molar-refractivity contribution < 1.29 is 9.53 Å². The van der Waals surface area contributed by atoms with Crippen LogP contribution in [0.4, 0.5) is 0 Å². The van der Waals surface area contributed by atoms with E-state index in [1.165, 1.54) is 51.4 Å². The van der Waals surface area contributed by atoms with Crippen molar-refractivity contribution in [3.63, 3.8) is 0 Å². The molecule has 176 valence electrons. The summed E-state index contributed by atoms with van der Waals surface area (Å²) in [6.45, 7) is 13.8. The molecule has 2 heteroatoms. The molecule has 0 aliphatic heterocycles. The molecule has 4 rings (SSSR count). The smallest absolute Gasteiger partial charge is 0.302 e. The minimum Gasteiger partial charge on any atom is -0.462 e. The number of hydrogen-bond donors (Lipinski definition) is 0. The molecule has 0 heterocycles. The number of hydrogen-bond acceptors (Lipinski definition) is 2. The molecule has 0 unspecified atom stereocenters. The van der Waals surface area contributed by atoms with Gasteiger partial charge in [0.05, 0.1) is 0 Å². The van der Waals surface area contributed by atoms with E-state index in [2.05, 4.69) is 46.8 Å². The Hall–Kier alpha value is -0.790. The molecule has 31 heavy (non-hydrogen) atoms. The maximum atomic E-state index is 12.1. The lowest BCUT2D eigenvalue weighted by atomic mass is 9.44. The highest BCUT2D eigenvalue weighted by atomic mass is 16.5. The first-order valence-electron chi connectivity index (χ1n) is 13.5. The first-order chi connectivity index (χ1) is 14.7. The molecule has 0 N–H and O–H groups in total. The summed E-state index contributed by atoms with van der Waals surface area (Å²) >= 11 is 0. The zero-order valence-corrected chi connectivity index (χ0v) is 21.2. The summed E-state index contributed by atoms with van der Waals surface area (Å²) in [5.74, 6) is 4.96. The topological polar surface area (TPSA) is 26.3 Å². The summed E-state index contributed by atoms with van der Waals surface area (Å²) in [5, 5.41) is 0. The number of carbonyl (C=O) groups is 1. The summed E-state index contributed by atoms with van der Waals surface area (Å²) < 4.78 is 6.07. The molecule has 0 amide bonds. The van der Waals surface area contributed by atoms with Crippen molar-refractivity contribution in [1.29, 1.82) is 0 Å². The molecule has 4 fully saturated rings. The molecule has 9 atom stereocenters. The van der Waals surface area contributed by atoms with Crippen LogP contribution in [0, 0.1) is 52.3 Å². The van der Waals surface area contributed by atoms with Gasteiger partial charge in [-0.05, 0) is 97.7 Å². The zero-order chi connectivity index (χ0) is 22.4. The largest absolute Gasteiger partial charge is 0.462 e. The predicted molar refractivity (Wildman–Crippen MR) is 129 cm³/mol. The number of carbonyl (C=O) groups excluding carboxylic acids is 1. The zero-order valence-electron chi connectivity index (χ0n) is 21.2. The van der Waals surface area contributed by atoms with Crippen molar-refractivity contribution >= 4 is 5.97 Å². The molecule has 0 aromatic heterocycles. The minimum absolute atomic E-state index is 0.0879. The Labute approximate surface area is 192 Å². The van der Waals surface area contributed by atoms with Gasteiger partial charge < -0.3 is 4.74 Å². The van der Waals surface area contributed by atoms with Gasteiger partial charge in [-0.3, -0.25) is 4.79 Å². The lowest BCUT2D eigenvalue weighted by molar-refractivity contribution is -0.150. The van der Waals surface area contributed by atoms with Crippen molar-refractivity contribution in [1.82, 2.24) is 0 Å². The minimum atomic E-state index is -0.0879. The number of fused-ring (bicyclic) bond motifs is 5. The predicted octanol–water partition coefficient (Wildman–Crippen LogP) is 7.82. The van der Waals surface area contributed by atoms with Gasteiger partial charge >= 0.3 is 5.97 Å². The van der Waals surface area contributed by atoms with Gasteiger partial charge in [0, 0.05) is 12.8 Å². The van der Waals surface area contributed by atoms with E-state index in [-0.39, 0.29) is 12.1 Å². The molecule has 0 bridgehead atoms. The standard InChI is InChI=1S/C29H48O2/c1-19(2)10-9-11-20(3)27-26(31-21(4)30)18-25-23-14-13-22-12-7-8-16-28(22,5)24(23)15-17-29(25,27)6/h9,11,19-20,22-27H,7-8,10,12-18H2,1-6H3/b11-9+/t20-,22-,23-,24+,25+,26+,27+,28+,29+/m1/s1. The quantitative estimate of drug-likeness (QED) is 0.329. The molecule has 0 radical (unpaired) electrons. The highest BCUT2D eigenvalue weighted by Crippen LogP contribution is 2.68. The molecule has 4 saturated carbocycles.